The highest BCUT2D eigenvalue weighted by molar-refractivity contribution is 5.65. The molecule has 1 nitrogen and oxygen atoms in total. The maximum absolute atomic E-state index is 2.67. The zero-order valence-electron chi connectivity index (χ0n) is 11.3. The molecule has 1 heteroatoms. The molecule has 0 spiro atoms. The number of benzene rings is 1. The van der Waals surface area contributed by atoms with Gasteiger partial charge in [0.05, 0.1) is 0 Å². The predicted molar refractivity (Wildman–Crippen MR) is 73.8 cm³/mol. The Bertz CT molecular complexity index is 433. The molecule has 1 atom stereocenters. The molecule has 1 aromatic carbocycles. The summed E-state index contributed by atoms with van der Waals surface area (Å²) < 4.78 is 0. The second-order valence-corrected chi connectivity index (χ2v) is 6.23. The summed E-state index contributed by atoms with van der Waals surface area (Å²) in [6.07, 6.45) is 5.16. The average molecular weight is 229 g/mol. The number of rotatable bonds is 1. The fraction of sp³-hybridized carbons (Fsp3) is 0.625. The number of nitrogens with zero attached hydrogens (tertiary/aromatic N) is 1. The van der Waals surface area contributed by atoms with Crippen molar-refractivity contribution in [3.8, 4) is 0 Å². The van der Waals surface area contributed by atoms with Gasteiger partial charge in [-0.15, -0.1) is 0 Å². The van der Waals surface area contributed by atoms with E-state index < -0.39 is 0 Å². The summed E-state index contributed by atoms with van der Waals surface area (Å²) >= 11 is 0. The van der Waals surface area contributed by atoms with Gasteiger partial charge in [0.1, 0.15) is 0 Å². The number of aryl methyl sites for hydroxylation is 1. The zero-order chi connectivity index (χ0) is 12.0. The zero-order valence-corrected chi connectivity index (χ0v) is 11.3. The topological polar surface area (TPSA) is 3.24 Å². The monoisotopic (exact) mass is 229 g/mol. The minimum atomic E-state index is 0.338. The molecule has 2 aliphatic heterocycles. The van der Waals surface area contributed by atoms with Crippen molar-refractivity contribution >= 4 is 5.69 Å². The third-order valence-corrected chi connectivity index (χ3v) is 4.66. The number of hydrogen-bond acceptors (Lipinski definition) is 1. The normalized spacial score (nSPS) is 25.6. The number of anilines is 1. The van der Waals surface area contributed by atoms with Crippen molar-refractivity contribution in [3.05, 3.63) is 29.3 Å². The van der Waals surface area contributed by atoms with Crippen LogP contribution in [0.15, 0.2) is 18.2 Å². The van der Waals surface area contributed by atoms with Crippen LogP contribution in [0.4, 0.5) is 5.69 Å². The largest absolute Gasteiger partial charge is 0.366 e. The summed E-state index contributed by atoms with van der Waals surface area (Å²) in [6, 6.07) is 6.96. The summed E-state index contributed by atoms with van der Waals surface area (Å²) in [7, 11) is 0. The van der Waals surface area contributed by atoms with Gasteiger partial charge in [-0.3, -0.25) is 0 Å². The van der Waals surface area contributed by atoms with Crippen molar-refractivity contribution in [2.24, 2.45) is 0 Å². The average Bonchev–Trinajstić information content (AvgIpc) is 2.33. The van der Waals surface area contributed by atoms with Crippen LogP contribution in [0.25, 0.3) is 0 Å². The van der Waals surface area contributed by atoms with Crippen LogP contribution in [-0.4, -0.2) is 12.1 Å². The molecular weight excluding hydrogens is 206 g/mol. The molecule has 0 radical (unpaired) electrons. The van der Waals surface area contributed by atoms with E-state index in [9.17, 15) is 0 Å². The Morgan fingerprint density at radius 2 is 2.18 bits per heavy atom. The molecule has 0 fully saturated rings. The fourth-order valence-electron chi connectivity index (χ4n) is 3.80. The molecule has 0 bridgehead atoms. The smallest absolute Gasteiger partial charge is 0.0438 e. The van der Waals surface area contributed by atoms with E-state index in [1.165, 1.54) is 32.2 Å². The Morgan fingerprint density at radius 1 is 1.35 bits per heavy atom. The van der Waals surface area contributed by atoms with Crippen LogP contribution >= 0.6 is 0 Å². The molecule has 2 aliphatic rings. The van der Waals surface area contributed by atoms with Gasteiger partial charge in [-0.05, 0) is 56.6 Å². The van der Waals surface area contributed by atoms with Crippen molar-refractivity contribution < 1.29 is 0 Å². The Morgan fingerprint density at radius 3 is 2.94 bits per heavy atom. The van der Waals surface area contributed by atoms with Crippen LogP contribution in [0.2, 0.25) is 0 Å². The lowest BCUT2D eigenvalue weighted by molar-refractivity contribution is 0.352. The van der Waals surface area contributed by atoms with E-state index in [1.54, 1.807) is 16.8 Å². The first-order chi connectivity index (χ1) is 8.13. The molecule has 0 amide bonds. The van der Waals surface area contributed by atoms with Gasteiger partial charge in [-0.1, -0.05) is 25.1 Å². The molecular formula is C16H23N. The lowest BCUT2D eigenvalue weighted by Crippen LogP contribution is -2.50. The number of para-hydroxylation sites is 1. The maximum atomic E-state index is 2.67. The standard InChI is InChI=1S/C16H23N/c1-4-12-11-16(2,3)17-10-6-8-13-7-5-9-14(12)15(13)17/h5,7,9,12H,4,6,8,10-11H2,1-3H3. The van der Waals surface area contributed by atoms with E-state index in [0.717, 1.165) is 5.92 Å². The first-order valence-electron chi connectivity index (χ1n) is 7.03. The molecule has 2 heterocycles. The van der Waals surface area contributed by atoms with Gasteiger partial charge in [0.15, 0.2) is 0 Å². The van der Waals surface area contributed by atoms with Crippen molar-refractivity contribution in [2.45, 2.75) is 57.9 Å². The van der Waals surface area contributed by atoms with Crippen molar-refractivity contribution in [1.82, 2.24) is 0 Å². The van der Waals surface area contributed by atoms with E-state index in [-0.39, 0.29) is 0 Å². The van der Waals surface area contributed by atoms with Gasteiger partial charge >= 0.3 is 0 Å². The quantitative estimate of drug-likeness (QED) is 0.700. The highest BCUT2D eigenvalue weighted by atomic mass is 15.2. The van der Waals surface area contributed by atoms with Gasteiger partial charge < -0.3 is 4.90 Å². The molecule has 1 aromatic rings. The highest BCUT2D eigenvalue weighted by Crippen LogP contribution is 2.48. The molecule has 0 N–H and O–H groups in total. The summed E-state index contributed by atoms with van der Waals surface area (Å²) in [5.41, 5.74) is 5.12. The molecule has 3 rings (SSSR count). The third-order valence-electron chi connectivity index (χ3n) is 4.66. The van der Waals surface area contributed by atoms with Crippen LogP contribution in [0.5, 0.6) is 0 Å². The lowest BCUT2D eigenvalue weighted by Gasteiger charge is -2.50. The van der Waals surface area contributed by atoms with Crippen molar-refractivity contribution in [2.75, 3.05) is 11.4 Å². The van der Waals surface area contributed by atoms with Gasteiger partial charge in [0, 0.05) is 17.8 Å². The summed E-state index contributed by atoms with van der Waals surface area (Å²) in [4.78, 5) is 2.67. The lowest BCUT2D eigenvalue weighted by atomic mass is 9.75. The second kappa shape index (κ2) is 3.76. The second-order valence-electron chi connectivity index (χ2n) is 6.23. The van der Waals surface area contributed by atoms with E-state index in [0.29, 0.717) is 5.54 Å². The van der Waals surface area contributed by atoms with Crippen LogP contribution in [0.3, 0.4) is 0 Å². The molecule has 0 aromatic heterocycles. The maximum Gasteiger partial charge on any atom is 0.0438 e. The van der Waals surface area contributed by atoms with Crippen LogP contribution in [0.1, 0.15) is 57.1 Å². The highest BCUT2D eigenvalue weighted by Gasteiger charge is 2.39. The van der Waals surface area contributed by atoms with E-state index >= 15 is 0 Å². The van der Waals surface area contributed by atoms with E-state index in [2.05, 4.69) is 43.9 Å². The van der Waals surface area contributed by atoms with Gasteiger partial charge in [-0.2, -0.15) is 0 Å². The number of hydrogen-bond donors (Lipinski definition) is 0. The first-order valence-corrected chi connectivity index (χ1v) is 7.03. The van der Waals surface area contributed by atoms with Gasteiger partial charge in [-0.25, -0.2) is 0 Å². The Kier molecular flexibility index (Phi) is 2.46. The van der Waals surface area contributed by atoms with E-state index in [4.69, 9.17) is 0 Å². The minimum Gasteiger partial charge on any atom is -0.366 e. The minimum absolute atomic E-state index is 0.338. The molecule has 17 heavy (non-hydrogen) atoms. The Hall–Kier alpha value is -0.980. The van der Waals surface area contributed by atoms with Crippen LogP contribution in [0, 0.1) is 0 Å². The summed E-state index contributed by atoms with van der Waals surface area (Å²) in [6.45, 7) is 8.41. The predicted octanol–water partition coefficient (Wildman–Crippen LogP) is 4.12. The van der Waals surface area contributed by atoms with Gasteiger partial charge in [0.2, 0.25) is 0 Å². The molecule has 0 saturated heterocycles. The third kappa shape index (κ3) is 1.59. The van der Waals surface area contributed by atoms with Gasteiger partial charge in [0.25, 0.3) is 0 Å². The summed E-state index contributed by atoms with van der Waals surface area (Å²) in [5, 5.41) is 0. The van der Waals surface area contributed by atoms with E-state index in [1.807, 2.05) is 0 Å². The molecule has 92 valence electrons. The molecule has 1 unspecified atom stereocenters. The first kappa shape index (κ1) is 11.1. The summed E-state index contributed by atoms with van der Waals surface area (Å²) in [5.74, 6) is 0.759. The van der Waals surface area contributed by atoms with Crippen LogP contribution < -0.4 is 4.90 Å². The Labute approximate surface area is 105 Å². The molecule has 0 saturated carbocycles. The Balaban J connectivity index is 2.19. The van der Waals surface area contributed by atoms with Crippen molar-refractivity contribution in [1.29, 1.82) is 0 Å². The van der Waals surface area contributed by atoms with Crippen molar-refractivity contribution in [3.63, 3.8) is 0 Å². The fourth-order valence-corrected chi connectivity index (χ4v) is 3.80. The van der Waals surface area contributed by atoms with Crippen LogP contribution in [-0.2, 0) is 6.42 Å². The molecule has 0 aliphatic carbocycles. The SMILES string of the molecule is CCC1CC(C)(C)N2CCCc3cccc1c32.